The molecule has 0 saturated heterocycles. The van der Waals surface area contributed by atoms with E-state index in [0.29, 0.717) is 12.3 Å². The fraction of sp³-hybridized carbons (Fsp3) is 0.250. The Balaban J connectivity index is 1.72. The van der Waals surface area contributed by atoms with Crippen molar-refractivity contribution in [2.24, 2.45) is 0 Å². The highest BCUT2D eigenvalue weighted by molar-refractivity contribution is 5.92. The van der Waals surface area contributed by atoms with Crippen molar-refractivity contribution >= 4 is 12.0 Å². The third-order valence-corrected chi connectivity index (χ3v) is 4.29. The van der Waals surface area contributed by atoms with Crippen molar-refractivity contribution in [3.63, 3.8) is 0 Å². The third kappa shape index (κ3) is 3.43. The van der Waals surface area contributed by atoms with Crippen LogP contribution >= 0.6 is 0 Å². The van der Waals surface area contributed by atoms with E-state index in [2.05, 4.69) is 12.1 Å². The minimum atomic E-state index is 0.0161. The number of benzene rings is 2. The van der Waals surface area contributed by atoms with Gasteiger partial charge >= 0.3 is 0 Å². The molecule has 2 aromatic carbocycles. The van der Waals surface area contributed by atoms with E-state index < -0.39 is 0 Å². The minimum Gasteiger partial charge on any atom is -0.497 e. The highest BCUT2D eigenvalue weighted by atomic mass is 16.5. The van der Waals surface area contributed by atoms with E-state index in [4.69, 9.17) is 9.47 Å². The molecule has 1 heterocycles. The molecule has 0 radical (unpaired) electrons. The van der Waals surface area contributed by atoms with Crippen molar-refractivity contribution in [3.05, 3.63) is 65.2 Å². The topological polar surface area (TPSA) is 38.8 Å². The summed E-state index contributed by atoms with van der Waals surface area (Å²) in [4.78, 5) is 14.3. The maximum atomic E-state index is 12.5. The summed E-state index contributed by atoms with van der Waals surface area (Å²) in [7, 11) is 3.22. The van der Waals surface area contributed by atoms with Crippen LogP contribution in [0.1, 0.15) is 16.7 Å². The smallest absolute Gasteiger partial charge is 0.246 e. The Bertz CT molecular complexity index is 767. The van der Waals surface area contributed by atoms with Gasteiger partial charge in [0.2, 0.25) is 5.91 Å². The first kappa shape index (κ1) is 16.1. The van der Waals surface area contributed by atoms with Crippen LogP contribution in [-0.2, 0) is 17.8 Å². The van der Waals surface area contributed by atoms with Crippen molar-refractivity contribution in [1.29, 1.82) is 0 Å². The van der Waals surface area contributed by atoms with Gasteiger partial charge in [0.15, 0.2) is 0 Å². The molecule has 0 bridgehead atoms. The molecule has 0 saturated carbocycles. The molecule has 124 valence electrons. The fourth-order valence-corrected chi connectivity index (χ4v) is 2.91. The number of rotatable bonds is 4. The van der Waals surface area contributed by atoms with Crippen LogP contribution in [0, 0.1) is 0 Å². The predicted octanol–water partition coefficient (Wildman–Crippen LogP) is 3.30. The van der Waals surface area contributed by atoms with Crippen molar-refractivity contribution in [3.8, 4) is 11.5 Å². The van der Waals surface area contributed by atoms with Gasteiger partial charge in [0.05, 0.1) is 14.2 Å². The average molecular weight is 323 g/mol. The molecule has 0 aliphatic carbocycles. The van der Waals surface area contributed by atoms with E-state index in [1.807, 2.05) is 29.2 Å². The highest BCUT2D eigenvalue weighted by Gasteiger charge is 2.18. The Morgan fingerprint density at radius 1 is 1.08 bits per heavy atom. The Hall–Kier alpha value is -2.75. The van der Waals surface area contributed by atoms with Crippen LogP contribution in [0.5, 0.6) is 11.5 Å². The number of fused-ring (bicyclic) bond motifs is 1. The van der Waals surface area contributed by atoms with Gasteiger partial charge in [-0.3, -0.25) is 4.79 Å². The second kappa shape index (κ2) is 7.21. The monoisotopic (exact) mass is 323 g/mol. The summed E-state index contributed by atoms with van der Waals surface area (Å²) in [5.41, 5.74) is 3.42. The molecule has 0 N–H and O–H groups in total. The van der Waals surface area contributed by atoms with Crippen LogP contribution in [0.4, 0.5) is 0 Å². The van der Waals surface area contributed by atoms with Crippen molar-refractivity contribution in [2.45, 2.75) is 13.0 Å². The Kier molecular flexibility index (Phi) is 4.85. The summed E-state index contributed by atoms with van der Waals surface area (Å²) >= 11 is 0. The second-order valence-corrected chi connectivity index (χ2v) is 5.72. The van der Waals surface area contributed by atoms with Gasteiger partial charge in [0.1, 0.15) is 11.5 Å². The lowest BCUT2D eigenvalue weighted by molar-refractivity contribution is -0.126. The van der Waals surface area contributed by atoms with Crippen LogP contribution in [0.3, 0.4) is 0 Å². The van der Waals surface area contributed by atoms with E-state index >= 15 is 0 Å². The summed E-state index contributed by atoms with van der Waals surface area (Å²) < 4.78 is 10.5. The molecule has 1 aliphatic heterocycles. The SMILES string of the molecule is COc1ccc(C=CC(=O)N2CCc3ccccc3C2)c(OC)c1. The molecule has 4 nitrogen and oxygen atoms in total. The summed E-state index contributed by atoms with van der Waals surface area (Å²) in [5.74, 6) is 1.42. The van der Waals surface area contributed by atoms with Gasteiger partial charge in [-0.15, -0.1) is 0 Å². The first-order valence-corrected chi connectivity index (χ1v) is 7.97. The highest BCUT2D eigenvalue weighted by Crippen LogP contribution is 2.26. The van der Waals surface area contributed by atoms with Crippen LogP contribution in [0.15, 0.2) is 48.5 Å². The number of methoxy groups -OCH3 is 2. The summed E-state index contributed by atoms with van der Waals surface area (Å²) in [6.07, 6.45) is 4.31. The zero-order chi connectivity index (χ0) is 16.9. The number of carbonyl (C=O) groups is 1. The van der Waals surface area contributed by atoms with Crippen LogP contribution in [0.2, 0.25) is 0 Å². The van der Waals surface area contributed by atoms with Gasteiger partial charge < -0.3 is 14.4 Å². The lowest BCUT2D eigenvalue weighted by atomic mass is 10.00. The molecule has 1 aliphatic rings. The number of hydrogen-bond donors (Lipinski definition) is 0. The maximum Gasteiger partial charge on any atom is 0.246 e. The zero-order valence-corrected chi connectivity index (χ0v) is 14.0. The first-order chi connectivity index (χ1) is 11.7. The van der Waals surface area contributed by atoms with Gasteiger partial charge in [-0.05, 0) is 35.8 Å². The first-order valence-electron chi connectivity index (χ1n) is 7.97. The molecule has 0 spiro atoms. The van der Waals surface area contributed by atoms with E-state index in [1.165, 1.54) is 11.1 Å². The Labute approximate surface area is 142 Å². The van der Waals surface area contributed by atoms with Gasteiger partial charge in [-0.2, -0.15) is 0 Å². The third-order valence-electron chi connectivity index (χ3n) is 4.29. The summed E-state index contributed by atoms with van der Waals surface area (Å²) in [6, 6.07) is 13.8. The average Bonchev–Trinajstić information content (AvgIpc) is 2.65. The molecule has 24 heavy (non-hydrogen) atoms. The number of ether oxygens (including phenoxy) is 2. The molecule has 0 unspecified atom stereocenters. The molecular formula is C20H21NO3. The van der Waals surface area contributed by atoms with Crippen molar-refractivity contribution in [2.75, 3.05) is 20.8 Å². The number of amides is 1. The maximum absolute atomic E-state index is 12.5. The Morgan fingerprint density at radius 3 is 2.62 bits per heavy atom. The minimum absolute atomic E-state index is 0.0161. The summed E-state index contributed by atoms with van der Waals surface area (Å²) in [6.45, 7) is 1.42. The zero-order valence-electron chi connectivity index (χ0n) is 14.0. The second-order valence-electron chi connectivity index (χ2n) is 5.72. The molecule has 3 rings (SSSR count). The lowest BCUT2D eigenvalue weighted by Gasteiger charge is -2.27. The standard InChI is InChI=1S/C20H21NO3/c1-23-18-9-7-16(19(13-18)24-2)8-10-20(22)21-12-11-15-5-3-4-6-17(15)14-21/h3-10,13H,11-12,14H2,1-2H3. The molecule has 2 aromatic rings. The molecule has 1 amide bonds. The van der Waals surface area contributed by atoms with Crippen LogP contribution < -0.4 is 9.47 Å². The number of carbonyl (C=O) groups excluding carboxylic acids is 1. The van der Waals surface area contributed by atoms with Crippen LogP contribution in [-0.4, -0.2) is 31.6 Å². The van der Waals surface area contributed by atoms with Crippen molar-refractivity contribution < 1.29 is 14.3 Å². The van der Waals surface area contributed by atoms with E-state index in [0.717, 1.165) is 24.3 Å². The molecule has 4 heteroatoms. The van der Waals surface area contributed by atoms with Gasteiger partial charge in [0.25, 0.3) is 0 Å². The van der Waals surface area contributed by atoms with Gasteiger partial charge in [-0.1, -0.05) is 24.3 Å². The van der Waals surface area contributed by atoms with Crippen molar-refractivity contribution in [1.82, 2.24) is 4.90 Å². The van der Waals surface area contributed by atoms with E-state index in [-0.39, 0.29) is 5.91 Å². The largest absolute Gasteiger partial charge is 0.497 e. The molecule has 0 fully saturated rings. The van der Waals surface area contributed by atoms with Gasteiger partial charge in [-0.25, -0.2) is 0 Å². The molecule has 0 atom stereocenters. The molecular weight excluding hydrogens is 302 g/mol. The fourth-order valence-electron chi connectivity index (χ4n) is 2.91. The number of hydrogen-bond acceptors (Lipinski definition) is 3. The van der Waals surface area contributed by atoms with E-state index in [1.54, 1.807) is 32.4 Å². The molecule has 0 aromatic heterocycles. The predicted molar refractivity (Wildman–Crippen MR) is 94.1 cm³/mol. The van der Waals surface area contributed by atoms with E-state index in [9.17, 15) is 4.79 Å². The Morgan fingerprint density at radius 2 is 1.88 bits per heavy atom. The van der Waals surface area contributed by atoms with Crippen LogP contribution in [0.25, 0.3) is 6.08 Å². The lowest BCUT2D eigenvalue weighted by Crippen LogP contribution is -2.34. The summed E-state index contributed by atoms with van der Waals surface area (Å²) in [5, 5.41) is 0. The number of nitrogens with zero attached hydrogens (tertiary/aromatic N) is 1. The van der Waals surface area contributed by atoms with Gasteiger partial charge in [0, 0.05) is 30.8 Å². The normalized spacial score (nSPS) is 13.7. The quantitative estimate of drug-likeness (QED) is 0.810.